The molecular weight excluding hydrogens is 372 g/mol. The van der Waals surface area contributed by atoms with Gasteiger partial charge in [-0.3, -0.25) is 4.90 Å². The van der Waals surface area contributed by atoms with Gasteiger partial charge in [-0.25, -0.2) is 4.79 Å². The summed E-state index contributed by atoms with van der Waals surface area (Å²) < 4.78 is 0. The van der Waals surface area contributed by atoms with Gasteiger partial charge in [0, 0.05) is 56.7 Å². The largest absolute Gasteiger partial charge is 0.368 e. The van der Waals surface area contributed by atoms with Crippen molar-refractivity contribution in [2.75, 3.05) is 49.5 Å². The number of piperazine rings is 1. The summed E-state index contributed by atoms with van der Waals surface area (Å²) in [7, 11) is 0. The van der Waals surface area contributed by atoms with Crippen LogP contribution < -0.4 is 10.2 Å². The molecule has 5 heteroatoms. The molecule has 1 aliphatic carbocycles. The molecule has 2 fully saturated rings. The normalized spacial score (nSPS) is 20.3. The van der Waals surface area contributed by atoms with Crippen LogP contribution in [0.15, 0.2) is 48.5 Å². The summed E-state index contributed by atoms with van der Waals surface area (Å²) in [6, 6.07) is 17.6. The molecule has 0 spiro atoms. The average molecular weight is 405 g/mol. The summed E-state index contributed by atoms with van der Waals surface area (Å²) in [6.45, 7) is 5.70. The van der Waals surface area contributed by atoms with E-state index in [0.29, 0.717) is 0 Å². The predicted molar refractivity (Wildman–Crippen MR) is 122 cm³/mol. The second-order valence-electron chi connectivity index (χ2n) is 8.84. The van der Waals surface area contributed by atoms with Gasteiger partial charge in [-0.2, -0.15) is 0 Å². The standard InChI is InChI=1S/C25H32N4O/c30-25(26-22-5-2-1-3-6-22)29-17-15-28(16-18-29)24-10-9-20-11-13-27(23-7-4-8-23)14-12-21(20)19-24/h1-3,5-6,9-10,19,23H,4,7-8,11-18H2,(H,26,30). The van der Waals surface area contributed by atoms with E-state index in [1.54, 1.807) is 0 Å². The van der Waals surface area contributed by atoms with E-state index < -0.39 is 0 Å². The lowest BCUT2D eigenvalue weighted by Crippen LogP contribution is -2.50. The summed E-state index contributed by atoms with van der Waals surface area (Å²) in [5.74, 6) is 0. The number of fused-ring (bicyclic) bond motifs is 1. The number of benzene rings is 2. The van der Waals surface area contributed by atoms with Crippen LogP contribution in [0.2, 0.25) is 0 Å². The Balaban J connectivity index is 1.18. The van der Waals surface area contributed by atoms with Gasteiger partial charge in [-0.05, 0) is 61.1 Å². The van der Waals surface area contributed by atoms with E-state index in [4.69, 9.17) is 0 Å². The zero-order chi connectivity index (χ0) is 20.3. The lowest BCUT2D eigenvalue weighted by molar-refractivity contribution is 0.133. The molecule has 2 amide bonds. The van der Waals surface area contributed by atoms with Crippen LogP contribution in [0.4, 0.5) is 16.2 Å². The maximum atomic E-state index is 12.5. The van der Waals surface area contributed by atoms with E-state index in [1.807, 2.05) is 35.2 Å². The molecule has 2 aromatic rings. The Bertz CT molecular complexity index is 872. The van der Waals surface area contributed by atoms with Gasteiger partial charge >= 0.3 is 6.03 Å². The van der Waals surface area contributed by atoms with Crippen molar-refractivity contribution >= 4 is 17.4 Å². The molecule has 2 heterocycles. The number of hydrogen-bond donors (Lipinski definition) is 1. The van der Waals surface area contributed by atoms with Gasteiger partial charge in [0.25, 0.3) is 0 Å². The van der Waals surface area contributed by atoms with E-state index >= 15 is 0 Å². The summed E-state index contributed by atoms with van der Waals surface area (Å²) in [5, 5.41) is 3.00. The number of hydrogen-bond acceptors (Lipinski definition) is 3. The molecule has 5 nitrogen and oxygen atoms in total. The Morgan fingerprint density at radius 1 is 0.833 bits per heavy atom. The van der Waals surface area contributed by atoms with Crippen LogP contribution in [0.25, 0.3) is 0 Å². The molecule has 2 aliphatic heterocycles. The van der Waals surface area contributed by atoms with Crippen molar-refractivity contribution in [2.24, 2.45) is 0 Å². The second kappa shape index (κ2) is 8.68. The molecule has 3 aliphatic rings. The Morgan fingerprint density at radius 2 is 1.57 bits per heavy atom. The summed E-state index contributed by atoms with van der Waals surface area (Å²) in [4.78, 5) is 19.6. The molecule has 30 heavy (non-hydrogen) atoms. The summed E-state index contributed by atoms with van der Waals surface area (Å²) in [5.41, 5.74) is 5.22. The topological polar surface area (TPSA) is 38.8 Å². The first-order valence-electron chi connectivity index (χ1n) is 11.5. The van der Waals surface area contributed by atoms with Crippen LogP contribution in [-0.4, -0.2) is 61.1 Å². The highest BCUT2D eigenvalue weighted by Crippen LogP contribution is 2.29. The zero-order valence-corrected chi connectivity index (χ0v) is 17.7. The molecule has 1 saturated heterocycles. The van der Waals surface area contributed by atoms with Gasteiger partial charge < -0.3 is 15.1 Å². The molecule has 1 N–H and O–H groups in total. The Morgan fingerprint density at radius 3 is 2.27 bits per heavy atom. The molecule has 0 unspecified atom stereocenters. The van der Waals surface area contributed by atoms with Crippen LogP contribution in [0.1, 0.15) is 30.4 Å². The van der Waals surface area contributed by atoms with Gasteiger partial charge in [-0.1, -0.05) is 30.7 Å². The van der Waals surface area contributed by atoms with E-state index in [9.17, 15) is 4.79 Å². The van der Waals surface area contributed by atoms with Crippen LogP contribution in [-0.2, 0) is 12.8 Å². The number of nitrogens with zero attached hydrogens (tertiary/aromatic N) is 3. The summed E-state index contributed by atoms with van der Waals surface area (Å²) in [6.07, 6.45) is 6.54. The highest BCUT2D eigenvalue weighted by molar-refractivity contribution is 5.89. The van der Waals surface area contributed by atoms with Gasteiger partial charge in [-0.15, -0.1) is 0 Å². The van der Waals surface area contributed by atoms with Crippen LogP contribution in [0, 0.1) is 0 Å². The maximum absolute atomic E-state index is 12.5. The van der Waals surface area contributed by atoms with Gasteiger partial charge in [0.1, 0.15) is 0 Å². The van der Waals surface area contributed by atoms with Crippen molar-refractivity contribution in [3.05, 3.63) is 59.7 Å². The van der Waals surface area contributed by atoms with E-state index in [0.717, 1.165) is 37.9 Å². The highest BCUT2D eigenvalue weighted by Gasteiger charge is 2.27. The van der Waals surface area contributed by atoms with Gasteiger partial charge in [0.2, 0.25) is 0 Å². The van der Waals surface area contributed by atoms with Gasteiger partial charge in [0.05, 0.1) is 0 Å². The fourth-order valence-corrected chi connectivity index (χ4v) is 4.93. The quantitative estimate of drug-likeness (QED) is 0.841. The first-order valence-corrected chi connectivity index (χ1v) is 11.5. The smallest absolute Gasteiger partial charge is 0.321 e. The minimum Gasteiger partial charge on any atom is -0.368 e. The Kier molecular flexibility index (Phi) is 5.63. The average Bonchev–Trinajstić information content (AvgIpc) is 2.96. The third-order valence-electron chi connectivity index (χ3n) is 7.07. The molecule has 0 aromatic heterocycles. The highest BCUT2D eigenvalue weighted by atomic mass is 16.2. The van der Waals surface area contributed by atoms with Crippen LogP contribution >= 0.6 is 0 Å². The first kappa shape index (κ1) is 19.4. The second-order valence-corrected chi connectivity index (χ2v) is 8.84. The van der Waals surface area contributed by atoms with Crippen molar-refractivity contribution in [1.82, 2.24) is 9.80 Å². The minimum atomic E-state index is -0.00105. The number of anilines is 2. The monoisotopic (exact) mass is 404 g/mol. The predicted octanol–water partition coefficient (Wildman–Crippen LogP) is 3.99. The molecule has 1 saturated carbocycles. The Labute approximate surface area is 179 Å². The van der Waals surface area contributed by atoms with Crippen LogP contribution in [0.5, 0.6) is 0 Å². The molecular formula is C25H32N4O. The maximum Gasteiger partial charge on any atom is 0.321 e. The fourth-order valence-electron chi connectivity index (χ4n) is 4.93. The van der Waals surface area contributed by atoms with Gasteiger partial charge in [0.15, 0.2) is 0 Å². The molecule has 0 atom stereocenters. The number of amides is 2. The first-order chi connectivity index (χ1) is 14.8. The lowest BCUT2D eigenvalue weighted by atomic mass is 9.91. The van der Waals surface area contributed by atoms with Crippen molar-refractivity contribution < 1.29 is 4.79 Å². The molecule has 0 bridgehead atoms. The van der Waals surface area contributed by atoms with Crippen molar-refractivity contribution in [3.63, 3.8) is 0 Å². The minimum absolute atomic E-state index is 0.00105. The Hall–Kier alpha value is -2.53. The molecule has 5 rings (SSSR count). The van der Waals surface area contributed by atoms with E-state index in [-0.39, 0.29) is 6.03 Å². The summed E-state index contributed by atoms with van der Waals surface area (Å²) >= 11 is 0. The lowest BCUT2D eigenvalue weighted by Gasteiger charge is -2.36. The zero-order valence-electron chi connectivity index (χ0n) is 17.7. The number of urea groups is 1. The molecule has 0 radical (unpaired) electrons. The number of nitrogens with one attached hydrogen (secondary N) is 1. The van der Waals surface area contributed by atoms with Crippen molar-refractivity contribution in [1.29, 1.82) is 0 Å². The fraction of sp³-hybridized carbons (Fsp3) is 0.480. The molecule has 2 aromatic carbocycles. The third kappa shape index (κ3) is 4.17. The van der Waals surface area contributed by atoms with E-state index in [1.165, 1.54) is 62.0 Å². The third-order valence-corrected chi connectivity index (χ3v) is 7.07. The van der Waals surface area contributed by atoms with Crippen LogP contribution in [0.3, 0.4) is 0 Å². The number of para-hydroxylation sites is 1. The molecule has 158 valence electrons. The van der Waals surface area contributed by atoms with Crippen molar-refractivity contribution in [3.8, 4) is 0 Å². The number of carbonyl (C=O) groups is 1. The van der Waals surface area contributed by atoms with Crippen molar-refractivity contribution in [2.45, 2.75) is 38.1 Å². The number of carbonyl (C=O) groups excluding carboxylic acids is 1. The number of rotatable bonds is 3. The van der Waals surface area contributed by atoms with E-state index in [2.05, 4.69) is 33.3 Å². The SMILES string of the molecule is O=C(Nc1ccccc1)N1CCN(c2ccc3c(c2)CCN(C2CCC2)CC3)CC1.